The highest BCUT2D eigenvalue weighted by atomic mass is 16.4. The molecule has 0 radical (unpaired) electrons. The first-order valence-corrected chi connectivity index (χ1v) is 4.96. The molecule has 0 aromatic rings. The molecule has 1 aliphatic heterocycles. The summed E-state index contributed by atoms with van der Waals surface area (Å²) in [7, 11) is 0. The lowest BCUT2D eigenvalue weighted by Gasteiger charge is -2.32. The Labute approximate surface area is 97.0 Å². The van der Waals surface area contributed by atoms with Crippen LogP contribution in [0.3, 0.4) is 0 Å². The number of amides is 4. The fraction of sp³-hybridized carbons (Fsp3) is 0.556. The zero-order valence-corrected chi connectivity index (χ0v) is 9.39. The summed E-state index contributed by atoms with van der Waals surface area (Å²) in [5, 5.41) is 12.9. The number of piperazine rings is 1. The quantitative estimate of drug-likeness (QED) is 0.511. The van der Waals surface area contributed by atoms with Crippen molar-refractivity contribution < 1.29 is 24.3 Å². The summed E-state index contributed by atoms with van der Waals surface area (Å²) < 4.78 is 0. The number of nitrogens with zero attached hydrogens (tertiary/aromatic N) is 1. The van der Waals surface area contributed by atoms with Crippen LogP contribution in [0.1, 0.15) is 13.8 Å². The maximum atomic E-state index is 11.6. The first-order valence-electron chi connectivity index (χ1n) is 4.96. The average molecular weight is 243 g/mol. The Bertz CT molecular complexity index is 381. The Hall–Kier alpha value is -2.12. The van der Waals surface area contributed by atoms with Crippen LogP contribution < -0.4 is 10.6 Å². The largest absolute Gasteiger partial charge is 0.480 e. The lowest BCUT2D eigenvalue weighted by Crippen LogP contribution is -2.61. The van der Waals surface area contributed by atoms with Crippen LogP contribution in [0, 0.1) is 0 Å². The molecule has 0 aromatic carbocycles. The lowest BCUT2D eigenvalue weighted by atomic mass is 10.2. The van der Waals surface area contributed by atoms with Gasteiger partial charge in [-0.25, -0.2) is 4.79 Å². The van der Waals surface area contributed by atoms with E-state index in [1.54, 1.807) is 0 Å². The molecule has 3 N–H and O–H groups in total. The number of imide groups is 1. The molecule has 0 spiro atoms. The molecule has 8 heteroatoms. The summed E-state index contributed by atoms with van der Waals surface area (Å²) in [6.07, 6.45) is 0. The van der Waals surface area contributed by atoms with Crippen molar-refractivity contribution in [2.24, 2.45) is 0 Å². The molecule has 17 heavy (non-hydrogen) atoms. The molecular weight excluding hydrogens is 230 g/mol. The number of hydrogen-bond donors (Lipinski definition) is 3. The fourth-order valence-electron chi connectivity index (χ4n) is 1.29. The number of aliphatic carboxylic acids is 1. The van der Waals surface area contributed by atoms with Crippen molar-refractivity contribution in [1.29, 1.82) is 0 Å². The van der Waals surface area contributed by atoms with Crippen molar-refractivity contribution in [3.63, 3.8) is 0 Å². The van der Waals surface area contributed by atoms with Crippen molar-refractivity contribution in [2.75, 3.05) is 6.54 Å². The molecule has 94 valence electrons. The minimum atomic E-state index is -1.20. The SMILES string of the molecule is CC1C(=O)NC(=O)CN1C(=O)N[C@@H](C)C(=O)O. The molecule has 1 heterocycles. The van der Waals surface area contributed by atoms with E-state index in [0.29, 0.717) is 0 Å². The Kier molecular flexibility index (Phi) is 3.66. The lowest BCUT2D eigenvalue weighted by molar-refractivity contribution is -0.138. The van der Waals surface area contributed by atoms with Crippen LogP contribution in [0.25, 0.3) is 0 Å². The van der Waals surface area contributed by atoms with E-state index in [1.165, 1.54) is 13.8 Å². The van der Waals surface area contributed by atoms with Gasteiger partial charge in [-0.1, -0.05) is 0 Å². The van der Waals surface area contributed by atoms with E-state index in [0.717, 1.165) is 4.90 Å². The van der Waals surface area contributed by atoms with Crippen molar-refractivity contribution in [3.05, 3.63) is 0 Å². The second-order valence-corrected chi connectivity index (χ2v) is 3.73. The molecule has 1 aliphatic rings. The molecule has 1 rings (SSSR count). The van der Waals surface area contributed by atoms with Gasteiger partial charge in [-0.05, 0) is 13.8 Å². The van der Waals surface area contributed by atoms with Gasteiger partial charge in [0.2, 0.25) is 11.8 Å². The smallest absolute Gasteiger partial charge is 0.325 e. The molecule has 8 nitrogen and oxygen atoms in total. The molecule has 0 bridgehead atoms. The second kappa shape index (κ2) is 4.81. The molecule has 2 atom stereocenters. The van der Waals surface area contributed by atoms with Gasteiger partial charge in [0.25, 0.3) is 0 Å². The third kappa shape index (κ3) is 2.92. The summed E-state index contributed by atoms with van der Waals surface area (Å²) >= 11 is 0. The van der Waals surface area contributed by atoms with Crippen LogP contribution >= 0.6 is 0 Å². The number of carboxylic acids is 1. The van der Waals surface area contributed by atoms with Crippen molar-refractivity contribution in [1.82, 2.24) is 15.5 Å². The normalized spacial score (nSPS) is 21.8. The predicted molar refractivity (Wildman–Crippen MR) is 54.9 cm³/mol. The Morgan fingerprint density at radius 2 is 2.12 bits per heavy atom. The van der Waals surface area contributed by atoms with Gasteiger partial charge in [-0.2, -0.15) is 0 Å². The molecule has 0 aliphatic carbocycles. The standard InChI is InChI=1S/C9H13N3O5/c1-4(8(15)16)10-9(17)12-3-6(13)11-7(14)5(12)2/h4-5H,3H2,1-2H3,(H,10,17)(H,15,16)(H,11,13,14)/t4-,5?/m0/s1. The summed E-state index contributed by atoms with van der Waals surface area (Å²) in [5.74, 6) is -2.37. The second-order valence-electron chi connectivity index (χ2n) is 3.73. The van der Waals surface area contributed by atoms with Crippen molar-refractivity contribution in [3.8, 4) is 0 Å². The van der Waals surface area contributed by atoms with Gasteiger partial charge in [0, 0.05) is 0 Å². The highest BCUT2D eigenvalue weighted by Crippen LogP contribution is 2.05. The number of carboxylic acid groups (broad SMARTS) is 1. The number of carbonyl (C=O) groups excluding carboxylic acids is 3. The van der Waals surface area contributed by atoms with Gasteiger partial charge in [0.1, 0.15) is 18.6 Å². The number of carbonyl (C=O) groups is 4. The van der Waals surface area contributed by atoms with Gasteiger partial charge in [-0.15, -0.1) is 0 Å². The van der Waals surface area contributed by atoms with Gasteiger partial charge in [0.05, 0.1) is 0 Å². The molecule has 1 unspecified atom stereocenters. The van der Waals surface area contributed by atoms with Crippen molar-refractivity contribution in [2.45, 2.75) is 25.9 Å². The van der Waals surface area contributed by atoms with Crippen LogP contribution in [0.5, 0.6) is 0 Å². The predicted octanol–water partition coefficient (Wildman–Crippen LogP) is -1.48. The highest BCUT2D eigenvalue weighted by Gasteiger charge is 2.34. The van der Waals surface area contributed by atoms with Crippen LogP contribution in [-0.4, -0.2) is 52.4 Å². The van der Waals surface area contributed by atoms with E-state index in [9.17, 15) is 19.2 Å². The van der Waals surface area contributed by atoms with Crippen LogP contribution in [0.15, 0.2) is 0 Å². The number of nitrogens with one attached hydrogen (secondary N) is 2. The Morgan fingerprint density at radius 1 is 1.53 bits per heavy atom. The van der Waals surface area contributed by atoms with E-state index in [2.05, 4.69) is 10.6 Å². The summed E-state index contributed by atoms with van der Waals surface area (Å²) in [6.45, 7) is 2.47. The molecule has 0 aromatic heterocycles. The van der Waals surface area contributed by atoms with E-state index >= 15 is 0 Å². The monoisotopic (exact) mass is 243 g/mol. The first-order chi connectivity index (χ1) is 7.82. The highest BCUT2D eigenvalue weighted by molar-refractivity contribution is 6.04. The Morgan fingerprint density at radius 3 is 2.65 bits per heavy atom. The molecule has 0 saturated carbocycles. The minimum Gasteiger partial charge on any atom is -0.480 e. The van der Waals surface area contributed by atoms with Crippen LogP contribution in [0.4, 0.5) is 4.79 Å². The Balaban J connectivity index is 2.70. The third-order valence-corrected chi connectivity index (χ3v) is 2.39. The summed E-state index contributed by atoms with van der Waals surface area (Å²) in [4.78, 5) is 45.5. The van der Waals surface area contributed by atoms with Gasteiger partial charge < -0.3 is 15.3 Å². The fourth-order valence-corrected chi connectivity index (χ4v) is 1.29. The average Bonchev–Trinajstić information content (AvgIpc) is 2.22. The maximum Gasteiger partial charge on any atom is 0.325 e. The molecule has 1 saturated heterocycles. The molecular formula is C9H13N3O5. The first kappa shape index (κ1) is 12.9. The van der Waals surface area contributed by atoms with Gasteiger partial charge >= 0.3 is 12.0 Å². The maximum absolute atomic E-state index is 11.6. The zero-order chi connectivity index (χ0) is 13.2. The molecule has 4 amide bonds. The zero-order valence-electron chi connectivity index (χ0n) is 9.39. The third-order valence-electron chi connectivity index (χ3n) is 2.39. The summed E-state index contributed by atoms with van der Waals surface area (Å²) in [5.41, 5.74) is 0. The van der Waals surface area contributed by atoms with Gasteiger partial charge in [0.15, 0.2) is 0 Å². The number of urea groups is 1. The van der Waals surface area contributed by atoms with Gasteiger partial charge in [-0.3, -0.25) is 19.7 Å². The minimum absolute atomic E-state index is 0.273. The van der Waals surface area contributed by atoms with Crippen LogP contribution in [-0.2, 0) is 14.4 Å². The van der Waals surface area contributed by atoms with E-state index < -0.39 is 35.9 Å². The topological polar surface area (TPSA) is 116 Å². The van der Waals surface area contributed by atoms with Crippen molar-refractivity contribution >= 4 is 23.8 Å². The number of hydrogen-bond acceptors (Lipinski definition) is 4. The van der Waals surface area contributed by atoms with E-state index in [-0.39, 0.29) is 6.54 Å². The van der Waals surface area contributed by atoms with E-state index in [1.807, 2.05) is 0 Å². The summed E-state index contributed by atoms with van der Waals surface area (Å²) in [6, 6.07) is -2.65. The van der Waals surface area contributed by atoms with E-state index in [4.69, 9.17) is 5.11 Å². The van der Waals surface area contributed by atoms with Crippen LogP contribution in [0.2, 0.25) is 0 Å². The number of rotatable bonds is 2. The molecule has 1 fully saturated rings.